The van der Waals surface area contributed by atoms with Crippen molar-refractivity contribution in [3.8, 4) is 0 Å². The Bertz CT molecular complexity index is 339. The minimum atomic E-state index is -0.941. The Morgan fingerprint density at radius 2 is 2.46 bits per heavy atom. The molecule has 1 aromatic rings. The zero-order valence-corrected chi connectivity index (χ0v) is 7.69. The lowest BCUT2D eigenvalue weighted by Crippen LogP contribution is -1.98. The lowest BCUT2D eigenvalue weighted by Gasteiger charge is -1.97. The van der Waals surface area contributed by atoms with Crippen LogP contribution in [0.5, 0.6) is 0 Å². The molecule has 70 valence electrons. The topological polar surface area (TPSA) is 55.1 Å². The lowest BCUT2D eigenvalue weighted by atomic mass is 10.2. The first kappa shape index (κ1) is 9.51. The first-order valence-corrected chi connectivity index (χ1v) is 4.08. The van der Waals surface area contributed by atoms with E-state index in [4.69, 9.17) is 5.11 Å². The standard InChI is InChI=1S/C9H12N2O2/c1-3-11-7(2)8(6-10-11)4-5-9(12)13/h4-6H,3H2,1-2H3,(H,12,13). The SMILES string of the molecule is CCn1ncc(C=CC(=O)O)c1C. The van der Waals surface area contributed by atoms with Gasteiger partial charge in [0.1, 0.15) is 0 Å². The summed E-state index contributed by atoms with van der Waals surface area (Å²) < 4.78 is 1.82. The molecule has 0 saturated carbocycles. The first-order chi connectivity index (χ1) is 6.15. The van der Waals surface area contributed by atoms with Crippen molar-refractivity contribution in [3.05, 3.63) is 23.5 Å². The van der Waals surface area contributed by atoms with Crippen LogP contribution in [0.15, 0.2) is 12.3 Å². The molecule has 0 bridgehead atoms. The third kappa shape index (κ3) is 2.18. The molecule has 4 heteroatoms. The van der Waals surface area contributed by atoms with Gasteiger partial charge in [-0.25, -0.2) is 4.79 Å². The van der Waals surface area contributed by atoms with Crippen molar-refractivity contribution in [2.75, 3.05) is 0 Å². The summed E-state index contributed by atoms with van der Waals surface area (Å²) in [5.41, 5.74) is 1.84. The van der Waals surface area contributed by atoms with Gasteiger partial charge in [0.25, 0.3) is 0 Å². The maximum atomic E-state index is 10.2. The molecule has 1 aromatic heterocycles. The van der Waals surface area contributed by atoms with Crippen molar-refractivity contribution in [3.63, 3.8) is 0 Å². The van der Waals surface area contributed by atoms with Gasteiger partial charge >= 0.3 is 5.97 Å². The molecular formula is C9H12N2O2. The molecule has 0 saturated heterocycles. The molecule has 4 nitrogen and oxygen atoms in total. The Hall–Kier alpha value is -1.58. The molecule has 0 amide bonds. The number of rotatable bonds is 3. The van der Waals surface area contributed by atoms with Gasteiger partial charge in [-0.05, 0) is 19.9 Å². The number of hydrogen-bond acceptors (Lipinski definition) is 2. The van der Waals surface area contributed by atoms with E-state index in [0.29, 0.717) is 0 Å². The second-order valence-electron chi connectivity index (χ2n) is 2.67. The molecule has 1 rings (SSSR count). The summed E-state index contributed by atoms with van der Waals surface area (Å²) in [5.74, 6) is -0.941. The van der Waals surface area contributed by atoms with E-state index in [2.05, 4.69) is 5.10 Å². The van der Waals surface area contributed by atoms with E-state index in [1.54, 1.807) is 12.3 Å². The van der Waals surface area contributed by atoms with Crippen LogP contribution in [0.25, 0.3) is 6.08 Å². The molecule has 0 aliphatic carbocycles. The number of aryl methyl sites for hydroxylation is 1. The van der Waals surface area contributed by atoms with E-state index >= 15 is 0 Å². The normalized spacial score (nSPS) is 10.9. The largest absolute Gasteiger partial charge is 0.478 e. The van der Waals surface area contributed by atoms with Crippen molar-refractivity contribution in [1.82, 2.24) is 9.78 Å². The number of aromatic nitrogens is 2. The second kappa shape index (κ2) is 3.89. The van der Waals surface area contributed by atoms with Crippen LogP contribution >= 0.6 is 0 Å². The fourth-order valence-electron chi connectivity index (χ4n) is 1.10. The third-order valence-electron chi connectivity index (χ3n) is 1.85. The van der Waals surface area contributed by atoms with Gasteiger partial charge in [0, 0.05) is 23.9 Å². The molecule has 0 aliphatic rings. The Morgan fingerprint density at radius 1 is 1.77 bits per heavy atom. The Labute approximate surface area is 76.5 Å². The number of nitrogens with zero attached hydrogens (tertiary/aromatic N) is 2. The molecule has 1 heterocycles. The molecule has 0 atom stereocenters. The van der Waals surface area contributed by atoms with E-state index in [-0.39, 0.29) is 0 Å². The number of hydrogen-bond donors (Lipinski definition) is 1. The number of carboxylic acids is 1. The van der Waals surface area contributed by atoms with Crippen LogP contribution < -0.4 is 0 Å². The molecular weight excluding hydrogens is 168 g/mol. The van der Waals surface area contributed by atoms with Crippen LogP contribution in [-0.4, -0.2) is 20.9 Å². The summed E-state index contributed by atoms with van der Waals surface area (Å²) >= 11 is 0. The first-order valence-electron chi connectivity index (χ1n) is 4.08. The zero-order valence-electron chi connectivity index (χ0n) is 7.69. The van der Waals surface area contributed by atoms with E-state index in [1.165, 1.54) is 0 Å². The van der Waals surface area contributed by atoms with Crippen LogP contribution in [0.1, 0.15) is 18.2 Å². The predicted octanol–water partition coefficient (Wildman–Crippen LogP) is 1.31. The summed E-state index contributed by atoms with van der Waals surface area (Å²) in [4.78, 5) is 10.2. The molecule has 0 radical (unpaired) electrons. The van der Waals surface area contributed by atoms with E-state index in [1.807, 2.05) is 18.5 Å². The summed E-state index contributed by atoms with van der Waals surface area (Å²) in [6.45, 7) is 4.70. The number of carbonyl (C=O) groups is 1. The minimum absolute atomic E-state index is 0.798. The predicted molar refractivity (Wildman–Crippen MR) is 49.3 cm³/mol. The van der Waals surface area contributed by atoms with Crippen molar-refractivity contribution in [2.24, 2.45) is 0 Å². The molecule has 13 heavy (non-hydrogen) atoms. The maximum Gasteiger partial charge on any atom is 0.328 e. The molecule has 0 spiro atoms. The smallest absolute Gasteiger partial charge is 0.328 e. The minimum Gasteiger partial charge on any atom is -0.478 e. The van der Waals surface area contributed by atoms with Gasteiger partial charge in [-0.2, -0.15) is 5.10 Å². The maximum absolute atomic E-state index is 10.2. The third-order valence-corrected chi connectivity index (χ3v) is 1.85. The summed E-state index contributed by atoms with van der Waals surface area (Å²) in [5, 5.41) is 12.5. The fourth-order valence-corrected chi connectivity index (χ4v) is 1.10. The second-order valence-corrected chi connectivity index (χ2v) is 2.67. The van der Waals surface area contributed by atoms with E-state index < -0.39 is 5.97 Å². The highest BCUT2D eigenvalue weighted by Gasteiger charge is 2.01. The Morgan fingerprint density at radius 3 is 2.92 bits per heavy atom. The summed E-state index contributed by atoms with van der Waals surface area (Å²) in [6.07, 6.45) is 4.33. The van der Waals surface area contributed by atoms with Gasteiger partial charge < -0.3 is 5.11 Å². The molecule has 0 fully saturated rings. The Balaban J connectivity index is 2.90. The number of carboxylic acid groups (broad SMARTS) is 1. The van der Waals surface area contributed by atoms with Crippen molar-refractivity contribution >= 4 is 12.0 Å². The van der Waals surface area contributed by atoms with Gasteiger partial charge in [0.2, 0.25) is 0 Å². The number of aliphatic carboxylic acids is 1. The highest BCUT2D eigenvalue weighted by atomic mass is 16.4. The van der Waals surface area contributed by atoms with Gasteiger partial charge in [-0.15, -0.1) is 0 Å². The van der Waals surface area contributed by atoms with Gasteiger partial charge in [0.05, 0.1) is 6.20 Å². The van der Waals surface area contributed by atoms with Gasteiger partial charge in [0.15, 0.2) is 0 Å². The van der Waals surface area contributed by atoms with Crippen molar-refractivity contribution in [2.45, 2.75) is 20.4 Å². The van der Waals surface area contributed by atoms with Crippen LogP contribution in [0.3, 0.4) is 0 Å². The lowest BCUT2D eigenvalue weighted by molar-refractivity contribution is -0.131. The molecule has 1 N–H and O–H groups in total. The Kier molecular flexibility index (Phi) is 2.84. The molecule has 0 aromatic carbocycles. The summed E-state index contributed by atoms with van der Waals surface area (Å²) in [6, 6.07) is 0. The highest BCUT2D eigenvalue weighted by molar-refractivity contribution is 5.85. The van der Waals surface area contributed by atoms with Gasteiger partial charge in [-0.3, -0.25) is 4.68 Å². The quantitative estimate of drug-likeness (QED) is 0.713. The van der Waals surface area contributed by atoms with E-state index in [9.17, 15) is 4.79 Å². The van der Waals surface area contributed by atoms with Crippen LogP contribution in [0.2, 0.25) is 0 Å². The average molecular weight is 180 g/mol. The van der Waals surface area contributed by atoms with E-state index in [0.717, 1.165) is 23.9 Å². The van der Waals surface area contributed by atoms with Crippen LogP contribution in [-0.2, 0) is 11.3 Å². The fraction of sp³-hybridized carbons (Fsp3) is 0.333. The summed E-state index contributed by atoms with van der Waals surface area (Å²) in [7, 11) is 0. The zero-order chi connectivity index (χ0) is 9.84. The van der Waals surface area contributed by atoms with Crippen LogP contribution in [0.4, 0.5) is 0 Å². The molecule has 0 aliphatic heterocycles. The van der Waals surface area contributed by atoms with Crippen LogP contribution in [0, 0.1) is 6.92 Å². The average Bonchev–Trinajstić information content (AvgIpc) is 2.43. The highest BCUT2D eigenvalue weighted by Crippen LogP contribution is 2.08. The van der Waals surface area contributed by atoms with Crippen molar-refractivity contribution in [1.29, 1.82) is 0 Å². The molecule has 0 unspecified atom stereocenters. The monoisotopic (exact) mass is 180 g/mol. The van der Waals surface area contributed by atoms with Crippen molar-refractivity contribution < 1.29 is 9.90 Å². The van der Waals surface area contributed by atoms with Gasteiger partial charge in [-0.1, -0.05) is 0 Å².